The van der Waals surface area contributed by atoms with Crippen molar-refractivity contribution < 1.29 is 4.79 Å². The van der Waals surface area contributed by atoms with Gasteiger partial charge < -0.3 is 10.6 Å². The third kappa shape index (κ3) is 3.24. The van der Waals surface area contributed by atoms with Crippen LogP contribution in [0, 0.1) is 10.8 Å². The maximum Gasteiger partial charge on any atom is 0.226 e. The first kappa shape index (κ1) is 16.3. The van der Waals surface area contributed by atoms with Gasteiger partial charge in [-0.1, -0.05) is 31.5 Å². The third-order valence-electron chi connectivity index (χ3n) is 4.44. The number of carbonyl (C=O) groups excluding carboxylic acids is 1. The van der Waals surface area contributed by atoms with Crippen LogP contribution in [0.5, 0.6) is 0 Å². The van der Waals surface area contributed by atoms with Crippen molar-refractivity contribution in [3.05, 3.63) is 34.3 Å². The maximum absolute atomic E-state index is 11.9. The van der Waals surface area contributed by atoms with Gasteiger partial charge in [0.15, 0.2) is 0 Å². The monoisotopic (exact) mass is 308 g/mol. The summed E-state index contributed by atoms with van der Waals surface area (Å²) in [6.45, 7) is 9.06. The minimum absolute atomic E-state index is 0.0529. The number of rotatable bonds is 4. The van der Waals surface area contributed by atoms with Crippen LogP contribution in [-0.2, 0) is 11.2 Å². The summed E-state index contributed by atoms with van der Waals surface area (Å²) in [5.41, 5.74) is 2.29. The minimum Gasteiger partial charge on any atom is -0.359 e. The van der Waals surface area contributed by atoms with Crippen molar-refractivity contribution in [1.82, 2.24) is 10.6 Å². The van der Waals surface area contributed by atoms with Crippen LogP contribution in [0.2, 0.25) is 5.02 Å². The summed E-state index contributed by atoms with van der Waals surface area (Å²) < 4.78 is 0. The molecule has 116 valence electrons. The maximum atomic E-state index is 11.9. The summed E-state index contributed by atoms with van der Waals surface area (Å²) >= 11 is 6.15. The average Bonchev–Trinajstić information content (AvgIpc) is 2.65. The number of amides is 1. The Labute approximate surface area is 132 Å². The Hall–Kier alpha value is -1.06. The van der Waals surface area contributed by atoms with E-state index in [2.05, 4.69) is 36.6 Å². The van der Waals surface area contributed by atoms with E-state index >= 15 is 0 Å². The van der Waals surface area contributed by atoms with E-state index in [-0.39, 0.29) is 17.4 Å². The summed E-state index contributed by atoms with van der Waals surface area (Å²) in [5, 5.41) is 7.09. The molecule has 1 amide bonds. The predicted molar refractivity (Wildman–Crippen MR) is 87.5 cm³/mol. The van der Waals surface area contributed by atoms with Crippen LogP contribution >= 0.6 is 11.6 Å². The number of nitrogens with one attached hydrogen (secondary N) is 2. The molecule has 1 aromatic carbocycles. The molecule has 1 unspecified atom stereocenters. The first-order chi connectivity index (χ1) is 9.67. The number of fused-ring (bicyclic) bond motifs is 1. The highest BCUT2D eigenvalue weighted by atomic mass is 35.5. The zero-order valence-corrected chi connectivity index (χ0v) is 14.3. The van der Waals surface area contributed by atoms with Crippen LogP contribution in [-0.4, -0.2) is 19.5 Å². The Bertz CT molecular complexity index is 552. The van der Waals surface area contributed by atoms with Crippen LogP contribution in [0.3, 0.4) is 0 Å². The predicted octanol–water partition coefficient (Wildman–Crippen LogP) is 3.33. The molecule has 0 saturated heterocycles. The molecular weight excluding hydrogens is 284 g/mol. The molecule has 2 N–H and O–H groups in total. The van der Waals surface area contributed by atoms with Crippen molar-refractivity contribution in [3.63, 3.8) is 0 Å². The average molecular weight is 309 g/mol. The number of benzene rings is 1. The quantitative estimate of drug-likeness (QED) is 0.896. The lowest BCUT2D eigenvalue weighted by Crippen LogP contribution is -2.44. The zero-order chi connectivity index (χ0) is 15.8. The molecule has 0 aromatic heterocycles. The molecule has 3 nitrogen and oxygen atoms in total. The highest BCUT2D eigenvalue weighted by molar-refractivity contribution is 6.30. The molecule has 4 heteroatoms. The Morgan fingerprint density at radius 2 is 2.10 bits per heavy atom. The van der Waals surface area contributed by atoms with E-state index in [0.717, 1.165) is 11.4 Å². The molecule has 1 aliphatic rings. The number of halogens is 1. The minimum atomic E-state index is -0.438. The van der Waals surface area contributed by atoms with Crippen molar-refractivity contribution in [3.8, 4) is 0 Å². The van der Waals surface area contributed by atoms with Crippen LogP contribution in [0.4, 0.5) is 0 Å². The molecule has 1 atom stereocenters. The number of carbonyl (C=O) groups is 1. The van der Waals surface area contributed by atoms with E-state index in [1.807, 2.05) is 19.9 Å². The van der Waals surface area contributed by atoms with Gasteiger partial charge in [-0.2, -0.15) is 0 Å². The van der Waals surface area contributed by atoms with E-state index in [1.54, 1.807) is 7.05 Å². The van der Waals surface area contributed by atoms with Gasteiger partial charge in [0.2, 0.25) is 5.91 Å². The van der Waals surface area contributed by atoms with Gasteiger partial charge in [-0.25, -0.2) is 0 Å². The second-order valence-electron chi connectivity index (χ2n) is 7.29. The Morgan fingerprint density at radius 3 is 2.71 bits per heavy atom. The summed E-state index contributed by atoms with van der Waals surface area (Å²) in [4.78, 5) is 11.9. The van der Waals surface area contributed by atoms with Crippen LogP contribution in [0.1, 0.15) is 44.9 Å². The van der Waals surface area contributed by atoms with Gasteiger partial charge in [-0.05, 0) is 48.9 Å². The first-order valence-corrected chi connectivity index (χ1v) is 7.79. The number of hydrogen-bond donors (Lipinski definition) is 2. The van der Waals surface area contributed by atoms with E-state index in [0.29, 0.717) is 6.54 Å². The van der Waals surface area contributed by atoms with Crippen molar-refractivity contribution >= 4 is 17.5 Å². The van der Waals surface area contributed by atoms with Crippen LogP contribution in [0.25, 0.3) is 0 Å². The number of hydrogen-bond acceptors (Lipinski definition) is 2. The van der Waals surface area contributed by atoms with Crippen molar-refractivity contribution in [2.24, 2.45) is 10.8 Å². The van der Waals surface area contributed by atoms with Crippen LogP contribution in [0.15, 0.2) is 18.2 Å². The van der Waals surface area contributed by atoms with Crippen molar-refractivity contribution in [2.45, 2.75) is 40.2 Å². The van der Waals surface area contributed by atoms with Gasteiger partial charge in [-0.3, -0.25) is 4.79 Å². The molecule has 1 aromatic rings. The summed E-state index contributed by atoms with van der Waals surface area (Å²) in [6.07, 6.45) is 1.03. The lowest BCUT2D eigenvalue weighted by Gasteiger charge is -2.32. The molecule has 2 rings (SSSR count). The molecule has 0 heterocycles. The highest BCUT2D eigenvalue weighted by Gasteiger charge is 2.40. The molecule has 0 fully saturated rings. The topological polar surface area (TPSA) is 41.1 Å². The van der Waals surface area contributed by atoms with E-state index in [1.165, 1.54) is 11.1 Å². The standard InChI is InChI=1S/C17H25ClN2O/c1-16(2)9-11-6-7-12(18)8-13(11)14(16)20-10-17(3,4)15(21)19-5/h6-8,14,20H,9-10H2,1-5H3,(H,19,21). The Kier molecular flexibility index (Phi) is 4.36. The Morgan fingerprint density at radius 1 is 1.43 bits per heavy atom. The summed E-state index contributed by atoms with van der Waals surface area (Å²) in [7, 11) is 1.68. The van der Waals surface area contributed by atoms with E-state index in [9.17, 15) is 4.79 Å². The zero-order valence-electron chi connectivity index (χ0n) is 13.5. The molecule has 21 heavy (non-hydrogen) atoms. The van der Waals surface area contributed by atoms with Crippen molar-refractivity contribution in [2.75, 3.05) is 13.6 Å². The molecule has 0 bridgehead atoms. The smallest absolute Gasteiger partial charge is 0.226 e. The normalized spacial score (nSPS) is 20.2. The molecule has 0 radical (unpaired) electrons. The van der Waals surface area contributed by atoms with E-state index < -0.39 is 5.41 Å². The van der Waals surface area contributed by atoms with Gasteiger partial charge in [-0.15, -0.1) is 0 Å². The van der Waals surface area contributed by atoms with Gasteiger partial charge in [0.1, 0.15) is 0 Å². The fourth-order valence-electron chi connectivity index (χ4n) is 3.17. The molecule has 1 aliphatic carbocycles. The van der Waals surface area contributed by atoms with Gasteiger partial charge in [0, 0.05) is 24.7 Å². The summed E-state index contributed by atoms with van der Waals surface area (Å²) in [6, 6.07) is 6.34. The third-order valence-corrected chi connectivity index (χ3v) is 4.67. The fraction of sp³-hybridized carbons (Fsp3) is 0.588. The summed E-state index contributed by atoms with van der Waals surface area (Å²) in [5.74, 6) is 0.0529. The van der Waals surface area contributed by atoms with Gasteiger partial charge in [0.25, 0.3) is 0 Å². The van der Waals surface area contributed by atoms with E-state index in [4.69, 9.17) is 11.6 Å². The SMILES string of the molecule is CNC(=O)C(C)(C)CNC1c2cc(Cl)ccc2CC1(C)C. The molecule has 0 saturated carbocycles. The van der Waals surface area contributed by atoms with Gasteiger partial charge in [0.05, 0.1) is 5.41 Å². The largest absolute Gasteiger partial charge is 0.359 e. The van der Waals surface area contributed by atoms with Crippen molar-refractivity contribution in [1.29, 1.82) is 0 Å². The lowest BCUT2D eigenvalue weighted by molar-refractivity contribution is -0.128. The first-order valence-electron chi connectivity index (χ1n) is 7.41. The lowest BCUT2D eigenvalue weighted by atomic mass is 9.84. The fourth-order valence-corrected chi connectivity index (χ4v) is 3.35. The van der Waals surface area contributed by atoms with Gasteiger partial charge >= 0.3 is 0 Å². The second kappa shape index (κ2) is 5.62. The van der Waals surface area contributed by atoms with Crippen LogP contribution < -0.4 is 10.6 Å². The highest BCUT2D eigenvalue weighted by Crippen LogP contribution is 2.46. The Balaban J connectivity index is 2.20. The second-order valence-corrected chi connectivity index (χ2v) is 7.72. The molecule has 0 spiro atoms. The molecular formula is C17H25ClN2O. The molecule has 0 aliphatic heterocycles.